The molecule has 0 aliphatic carbocycles. The van der Waals surface area contributed by atoms with Crippen molar-refractivity contribution in [2.75, 3.05) is 13.2 Å². The minimum absolute atomic E-state index is 0.0285. The van der Waals surface area contributed by atoms with Crippen molar-refractivity contribution < 1.29 is 32.6 Å². The van der Waals surface area contributed by atoms with E-state index in [1.54, 1.807) is 0 Å². The number of hydrogen-bond donors (Lipinski definition) is 2. The van der Waals surface area contributed by atoms with Crippen LogP contribution in [0.2, 0.25) is 5.02 Å². The maximum atomic E-state index is 12.7. The number of aliphatic carboxylic acids is 1. The van der Waals surface area contributed by atoms with Crippen molar-refractivity contribution in [3.05, 3.63) is 34.3 Å². The molecule has 1 aliphatic rings. The molecule has 2 rings (SSSR count). The van der Waals surface area contributed by atoms with Gasteiger partial charge in [-0.3, -0.25) is 4.79 Å². The van der Waals surface area contributed by atoms with E-state index >= 15 is 0 Å². The normalized spacial score (nSPS) is 21.6. The lowest BCUT2D eigenvalue weighted by atomic mass is 9.98. The van der Waals surface area contributed by atoms with Crippen molar-refractivity contribution in [2.24, 2.45) is 0 Å². The van der Waals surface area contributed by atoms with Crippen LogP contribution < -0.4 is 5.32 Å². The fourth-order valence-electron chi connectivity index (χ4n) is 2.06. The molecule has 1 saturated heterocycles. The van der Waals surface area contributed by atoms with Gasteiger partial charge in [-0.2, -0.15) is 13.2 Å². The quantitative estimate of drug-likeness (QED) is 0.887. The largest absolute Gasteiger partial charge is 0.479 e. The molecule has 1 heterocycles. The number of alkyl halides is 3. The van der Waals surface area contributed by atoms with Crippen molar-refractivity contribution in [1.82, 2.24) is 5.32 Å². The molecule has 1 aromatic carbocycles. The van der Waals surface area contributed by atoms with Crippen molar-refractivity contribution in [3.63, 3.8) is 0 Å². The number of carboxylic acid groups (broad SMARTS) is 1. The van der Waals surface area contributed by atoms with Crippen LogP contribution in [-0.2, 0) is 15.7 Å². The maximum Gasteiger partial charge on any atom is 0.416 e. The third kappa shape index (κ3) is 3.33. The number of carbonyl (C=O) groups excluding carboxylic acids is 1. The second kappa shape index (κ2) is 5.77. The van der Waals surface area contributed by atoms with E-state index in [9.17, 15) is 27.9 Å². The number of hydrogen-bond acceptors (Lipinski definition) is 3. The van der Waals surface area contributed by atoms with Crippen molar-refractivity contribution in [3.8, 4) is 0 Å². The number of carbonyl (C=O) groups is 2. The van der Waals surface area contributed by atoms with Gasteiger partial charge in [-0.05, 0) is 18.2 Å². The molecule has 22 heavy (non-hydrogen) atoms. The zero-order valence-corrected chi connectivity index (χ0v) is 11.8. The highest BCUT2D eigenvalue weighted by Crippen LogP contribution is 2.32. The summed E-state index contributed by atoms with van der Waals surface area (Å²) >= 11 is 5.59. The summed E-state index contributed by atoms with van der Waals surface area (Å²) < 4.78 is 43.1. The summed E-state index contributed by atoms with van der Waals surface area (Å²) in [5.41, 5.74) is -3.10. The molecular weight excluding hydrogens is 327 g/mol. The molecule has 1 fully saturated rings. The van der Waals surface area contributed by atoms with E-state index in [2.05, 4.69) is 5.32 Å². The molecule has 0 bridgehead atoms. The van der Waals surface area contributed by atoms with Gasteiger partial charge in [0.1, 0.15) is 0 Å². The fraction of sp³-hybridized carbons (Fsp3) is 0.385. The Hall–Kier alpha value is -1.80. The average molecular weight is 338 g/mol. The molecule has 1 unspecified atom stereocenters. The van der Waals surface area contributed by atoms with Crippen LogP contribution in [0.5, 0.6) is 0 Å². The lowest BCUT2D eigenvalue weighted by Gasteiger charge is -2.24. The SMILES string of the molecule is O=C(NC1(C(=O)O)CCOC1)c1cc(Cl)cc(C(F)(F)F)c1. The number of rotatable bonds is 3. The van der Waals surface area contributed by atoms with Gasteiger partial charge in [-0.15, -0.1) is 0 Å². The molecule has 9 heteroatoms. The number of carboxylic acids is 1. The average Bonchev–Trinajstić information content (AvgIpc) is 2.86. The number of halogens is 4. The standard InChI is InChI=1S/C13H11ClF3NO4/c14-9-4-7(3-8(5-9)13(15,16)17)10(19)18-12(11(20)21)1-2-22-6-12/h3-5H,1-2,6H2,(H,18,19)(H,20,21). The Balaban J connectivity index is 2.30. The predicted molar refractivity (Wildman–Crippen MR) is 69.7 cm³/mol. The smallest absolute Gasteiger partial charge is 0.416 e. The molecule has 1 atom stereocenters. The minimum Gasteiger partial charge on any atom is -0.479 e. The first-order chi connectivity index (χ1) is 10.1. The van der Waals surface area contributed by atoms with Crippen LogP contribution in [0.1, 0.15) is 22.3 Å². The van der Waals surface area contributed by atoms with E-state index in [-0.39, 0.29) is 30.2 Å². The van der Waals surface area contributed by atoms with Crippen LogP contribution in [0, 0.1) is 0 Å². The van der Waals surface area contributed by atoms with E-state index in [1.807, 2.05) is 0 Å². The summed E-state index contributed by atoms with van der Waals surface area (Å²) in [6.45, 7) is -0.114. The number of ether oxygens (including phenoxy) is 1. The molecular formula is C13H11ClF3NO4. The molecule has 1 aromatic rings. The molecule has 120 valence electrons. The van der Waals surface area contributed by atoms with Crippen LogP contribution in [0.4, 0.5) is 13.2 Å². The number of amides is 1. The zero-order valence-electron chi connectivity index (χ0n) is 11.0. The van der Waals surface area contributed by atoms with Gasteiger partial charge >= 0.3 is 12.1 Å². The van der Waals surface area contributed by atoms with Gasteiger partial charge < -0.3 is 15.2 Å². The highest BCUT2D eigenvalue weighted by Gasteiger charge is 2.44. The Morgan fingerprint density at radius 2 is 2.00 bits per heavy atom. The summed E-state index contributed by atoms with van der Waals surface area (Å²) in [5, 5.41) is 11.2. The molecule has 1 aliphatic heterocycles. The van der Waals surface area contributed by atoms with Crippen LogP contribution in [-0.4, -0.2) is 35.7 Å². The van der Waals surface area contributed by atoms with Gasteiger partial charge in [0.15, 0.2) is 5.54 Å². The molecule has 0 aromatic heterocycles. The first-order valence-electron chi connectivity index (χ1n) is 6.15. The van der Waals surface area contributed by atoms with Crippen LogP contribution in [0.25, 0.3) is 0 Å². The molecule has 0 saturated carbocycles. The third-order valence-corrected chi connectivity index (χ3v) is 3.49. The fourth-order valence-corrected chi connectivity index (χ4v) is 2.29. The first kappa shape index (κ1) is 16.6. The highest BCUT2D eigenvalue weighted by molar-refractivity contribution is 6.31. The molecule has 0 radical (unpaired) electrons. The van der Waals surface area contributed by atoms with E-state index in [0.717, 1.165) is 6.07 Å². The summed E-state index contributed by atoms with van der Waals surface area (Å²) in [6.07, 6.45) is -4.64. The van der Waals surface area contributed by atoms with Crippen LogP contribution >= 0.6 is 11.6 Å². The molecule has 1 amide bonds. The van der Waals surface area contributed by atoms with E-state index < -0.39 is 29.2 Å². The van der Waals surface area contributed by atoms with Gasteiger partial charge in [-0.1, -0.05) is 11.6 Å². The van der Waals surface area contributed by atoms with Gasteiger partial charge in [0, 0.05) is 23.6 Å². The van der Waals surface area contributed by atoms with Gasteiger partial charge in [-0.25, -0.2) is 4.79 Å². The predicted octanol–water partition coefficient (Wildman–Crippen LogP) is 2.33. The maximum absolute atomic E-state index is 12.7. The monoisotopic (exact) mass is 337 g/mol. The van der Waals surface area contributed by atoms with Crippen LogP contribution in [0.15, 0.2) is 18.2 Å². The van der Waals surface area contributed by atoms with Crippen molar-refractivity contribution in [1.29, 1.82) is 0 Å². The number of nitrogens with one attached hydrogen (secondary N) is 1. The zero-order chi connectivity index (χ0) is 16.5. The Bertz CT molecular complexity index is 612. The second-order valence-electron chi connectivity index (χ2n) is 4.87. The summed E-state index contributed by atoms with van der Waals surface area (Å²) in [7, 11) is 0. The summed E-state index contributed by atoms with van der Waals surface area (Å²) in [6, 6.07) is 2.34. The Labute approximate surface area is 128 Å². The van der Waals surface area contributed by atoms with Crippen molar-refractivity contribution >= 4 is 23.5 Å². The van der Waals surface area contributed by atoms with E-state index in [1.165, 1.54) is 0 Å². The lowest BCUT2D eigenvalue weighted by molar-refractivity contribution is -0.144. The minimum atomic E-state index is -4.67. The topological polar surface area (TPSA) is 75.6 Å². The summed E-state index contributed by atoms with van der Waals surface area (Å²) in [4.78, 5) is 23.4. The van der Waals surface area contributed by atoms with Gasteiger partial charge in [0.2, 0.25) is 0 Å². The molecule has 5 nitrogen and oxygen atoms in total. The Morgan fingerprint density at radius 1 is 1.32 bits per heavy atom. The first-order valence-corrected chi connectivity index (χ1v) is 6.53. The number of benzene rings is 1. The lowest BCUT2D eigenvalue weighted by Crippen LogP contribution is -2.55. The Kier molecular flexibility index (Phi) is 4.35. The summed E-state index contributed by atoms with van der Waals surface area (Å²) in [5.74, 6) is -2.27. The van der Waals surface area contributed by atoms with Gasteiger partial charge in [0.05, 0.1) is 12.2 Å². The van der Waals surface area contributed by atoms with E-state index in [0.29, 0.717) is 12.1 Å². The highest BCUT2D eigenvalue weighted by atomic mass is 35.5. The second-order valence-corrected chi connectivity index (χ2v) is 5.31. The molecule has 2 N–H and O–H groups in total. The van der Waals surface area contributed by atoms with E-state index in [4.69, 9.17) is 16.3 Å². The van der Waals surface area contributed by atoms with Gasteiger partial charge in [0.25, 0.3) is 5.91 Å². The third-order valence-electron chi connectivity index (χ3n) is 3.27. The Morgan fingerprint density at radius 3 is 2.50 bits per heavy atom. The van der Waals surface area contributed by atoms with Crippen molar-refractivity contribution in [2.45, 2.75) is 18.1 Å². The molecule has 0 spiro atoms. The van der Waals surface area contributed by atoms with Crippen LogP contribution in [0.3, 0.4) is 0 Å².